The molecule has 6 heteroatoms. The number of likely N-dealkylation sites (N-methyl/N-ethyl adjacent to an activating group) is 1. The van der Waals surface area contributed by atoms with E-state index in [0.717, 1.165) is 55.2 Å². The highest BCUT2D eigenvalue weighted by atomic mass is 16.1. The van der Waals surface area contributed by atoms with Gasteiger partial charge in [0.05, 0.1) is 18.1 Å². The maximum Gasteiger partial charge on any atom is 0.241 e. The average Bonchev–Trinajstić information content (AvgIpc) is 2.85. The maximum atomic E-state index is 10.9. The van der Waals surface area contributed by atoms with Gasteiger partial charge in [0.1, 0.15) is 5.82 Å². The van der Waals surface area contributed by atoms with E-state index in [0.29, 0.717) is 0 Å². The first kappa shape index (κ1) is 17.1. The summed E-state index contributed by atoms with van der Waals surface area (Å²) in [5.74, 6) is 0.448. The summed E-state index contributed by atoms with van der Waals surface area (Å²) in [6.45, 7) is 4.08. The van der Waals surface area contributed by atoms with Gasteiger partial charge in [0.2, 0.25) is 5.91 Å². The van der Waals surface area contributed by atoms with E-state index in [-0.39, 0.29) is 0 Å². The molecule has 2 heterocycles. The number of nitrogens with two attached hydrogens (primary N) is 1. The average molecular weight is 337 g/mol. The first-order valence-electron chi connectivity index (χ1n) is 8.45. The second kappa shape index (κ2) is 7.90. The van der Waals surface area contributed by atoms with Gasteiger partial charge in [-0.3, -0.25) is 9.78 Å². The third-order valence-electron chi connectivity index (χ3n) is 4.29. The zero-order chi connectivity index (χ0) is 17.6. The number of hydrogen-bond acceptors (Lipinski definition) is 5. The van der Waals surface area contributed by atoms with Crippen molar-refractivity contribution in [1.82, 2.24) is 14.9 Å². The van der Waals surface area contributed by atoms with E-state index in [2.05, 4.69) is 21.8 Å². The Balaban J connectivity index is 1.84. The lowest BCUT2D eigenvalue weighted by molar-refractivity contribution is -0.113. The molecule has 1 saturated heterocycles. The van der Waals surface area contributed by atoms with Gasteiger partial charge in [-0.15, -0.1) is 0 Å². The van der Waals surface area contributed by atoms with E-state index in [4.69, 9.17) is 10.7 Å². The van der Waals surface area contributed by atoms with Crippen LogP contribution in [-0.4, -0.2) is 54.0 Å². The van der Waals surface area contributed by atoms with Crippen molar-refractivity contribution in [3.05, 3.63) is 48.3 Å². The number of amides is 1. The molecule has 1 fully saturated rings. The predicted octanol–water partition coefficient (Wildman–Crippen LogP) is 1.78. The Morgan fingerprint density at radius 3 is 2.92 bits per heavy atom. The summed E-state index contributed by atoms with van der Waals surface area (Å²) in [6.07, 6.45) is 7.77. The first-order valence-corrected chi connectivity index (χ1v) is 8.45. The second-order valence-corrected chi connectivity index (χ2v) is 6.27. The summed E-state index contributed by atoms with van der Waals surface area (Å²) in [4.78, 5) is 24.7. The Bertz CT molecular complexity index is 774. The zero-order valence-electron chi connectivity index (χ0n) is 14.4. The number of carbonyl (C=O) groups excluding carboxylic acids is 1. The molecule has 3 rings (SSSR count). The molecule has 25 heavy (non-hydrogen) atoms. The molecule has 0 atom stereocenters. The van der Waals surface area contributed by atoms with Gasteiger partial charge in [-0.05, 0) is 37.7 Å². The Morgan fingerprint density at radius 1 is 1.20 bits per heavy atom. The fourth-order valence-electron chi connectivity index (χ4n) is 2.90. The van der Waals surface area contributed by atoms with Crippen molar-refractivity contribution in [3.8, 4) is 11.3 Å². The van der Waals surface area contributed by atoms with Gasteiger partial charge in [0.15, 0.2) is 0 Å². The molecule has 0 bridgehead atoms. The number of hydrogen-bond donors (Lipinski definition) is 1. The molecule has 1 aromatic heterocycles. The number of anilines is 1. The van der Waals surface area contributed by atoms with Crippen molar-refractivity contribution in [2.45, 2.75) is 6.42 Å². The quantitative estimate of drug-likeness (QED) is 0.861. The third-order valence-corrected chi connectivity index (χ3v) is 4.29. The standard InChI is InChI=1S/C19H23N5O/c1-23-8-3-9-24(11-10-23)19-14-21-13-17(22-19)16-5-2-4-15(12-16)6-7-18(20)25/h2,4-7,12-14H,3,8-11H2,1H3,(H2,20,25)/b7-6+. The lowest BCUT2D eigenvalue weighted by atomic mass is 10.1. The van der Waals surface area contributed by atoms with Gasteiger partial charge >= 0.3 is 0 Å². The van der Waals surface area contributed by atoms with Crippen LogP contribution in [0.2, 0.25) is 0 Å². The number of aromatic nitrogens is 2. The topological polar surface area (TPSA) is 75.3 Å². The third kappa shape index (κ3) is 4.64. The van der Waals surface area contributed by atoms with Crippen LogP contribution in [0.4, 0.5) is 5.82 Å². The first-order chi connectivity index (χ1) is 12.1. The number of primary amides is 1. The fourth-order valence-corrected chi connectivity index (χ4v) is 2.90. The van der Waals surface area contributed by atoms with Crippen LogP contribution >= 0.6 is 0 Å². The van der Waals surface area contributed by atoms with Crippen LogP contribution in [0.5, 0.6) is 0 Å². The molecule has 1 amide bonds. The van der Waals surface area contributed by atoms with E-state index in [1.807, 2.05) is 30.5 Å². The minimum Gasteiger partial charge on any atom is -0.366 e. The van der Waals surface area contributed by atoms with E-state index < -0.39 is 5.91 Å². The van der Waals surface area contributed by atoms with Crippen molar-refractivity contribution in [2.24, 2.45) is 5.73 Å². The molecular weight excluding hydrogens is 314 g/mol. The summed E-state index contributed by atoms with van der Waals surface area (Å²) in [5.41, 5.74) is 7.85. The SMILES string of the molecule is CN1CCCN(c2cncc(-c3cccc(/C=C/C(N)=O)c3)n2)CC1. The highest BCUT2D eigenvalue weighted by Gasteiger charge is 2.14. The predicted molar refractivity (Wildman–Crippen MR) is 100 cm³/mol. The monoisotopic (exact) mass is 337 g/mol. The molecular formula is C19H23N5O. The van der Waals surface area contributed by atoms with Crippen molar-refractivity contribution in [1.29, 1.82) is 0 Å². The van der Waals surface area contributed by atoms with Crippen LogP contribution in [0, 0.1) is 0 Å². The Kier molecular flexibility index (Phi) is 5.40. The molecule has 0 aliphatic carbocycles. The van der Waals surface area contributed by atoms with Crippen molar-refractivity contribution in [3.63, 3.8) is 0 Å². The normalized spacial score (nSPS) is 16.1. The van der Waals surface area contributed by atoms with Crippen molar-refractivity contribution < 1.29 is 4.79 Å². The van der Waals surface area contributed by atoms with Crippen LogP contribution in [-0.2, 0) is 4.79 Å². The van der Waals surface area contributed by atoms with Gasteiger partial charge in [-0.1, -0.05) is 18.2 Å². The summed E-state index contributed by atoms with van der Waals surface area (Å²) < 4.78 is 0. The smallest absolute Gasteiger partial charge is 0.241 e. The molecule has 0 radical (unpaired) electrons. The minimum absolute atomic E-state index is 0.460. The van der Waals surface area contributed by atoms with Gasteiger partial charge in [-0.2, -0.15) is 0 Å². The van der Waals surface area contributed by atoms with Crippen LogP contribution in [0.3, 0.4) is 0 Å². The summed E-state index contributed by atoms with van der Waals surface area (Å²) >= 11 is 0. The fraction of sp³-hybridized carbons (Fsp3) is 0.316. The lowest BCUT2D eigenvalue weighted by Crippen LogP contribution is -2.29. The van der Waals surface area contributed by atoms with E-state index in [9.17, 15) is 4.79 Å². The molecule has 130 valence electrons. The highest BCUT2D eigenvalue weighted by Crippen LogP contribution is 2.21. The molecule has 1 aliphatic rings. The van der Waals surface area contributed by atoms with E-state index in [1.54, 1.807) is 12.3 Å². The number of benzene rings is 1. The number of carbonyl (C=O) groups is 1. The Hall–Kier alpha value is -2.73. The van der Waals surface area contributed by atoms with Crippen LogP contribution in [0.25, 0.3) is 17.3 Å². The van der Waals surface area contributed by atoms with Gasteiger partial charge in [0.25, 0.3) is 0 Å². The van der Waals surface area contributed by atoms with Crippen LogP contribution in [0.1, 0.15) is 12.0 Å². The molecule has 1 aromatic carbocycles. The molecule has 2 N–H and O–H groups in total. The molecule has 0 unspecified atom stereocenters. The van der Waals surface area contributed by atoms with Gasteiger partial charge in [0, 0.05) is 31.3 Å². The summed E-state index contributed by atoms with van der Waals surface area (Å²) in [5, 5.41) is 0. The van der Waals surface area contributed by atoms with E-state index in [1.165, 1.54) is 6.08 Å². The molecule has 6 nitrogen and oxygen atoms in total. The van der Waals surface area contributed by atoms with Crippen molar-refractivity contribution in [2.75, 3.05) is 38.1 Å². The largest absolute Gasteiger partial charge is 0.366 e. The Labute approximate surface area is 148 Å². The zero-order valence-corrected chi connectivity index (χ0v) is 14.4. The van der Waals surface area contributed by atoms with Crippen LogP contribution in [0.15, 0.2) is 42.7 Å². The van der Waals surface area contributed by atoms with Crippen LogP contribution < -0.4 is 10.6 Å². The van der Waals surface area contributed by atoms with Gasteiger partial charge in [-0.25, -0.2) is 4.98 Å². The molecule has 0 saturated carbocycles. The number of rotatable bonds is 4. The molecule has 2 aromatic rings. The van der Waals surface area contributed by atoms with Gasteiger partial charge < -0.3 is 15.5 Å². The molecule has 1 aliphatic heterocycles. The Morgan fingerprint density at radius 2 is 2.08 bits per heavy atom. The summed E-state index contributed by atoms with van der Waals surface area (Å²) in [6, 6.07) is 7.82. The second-order valence-electron chi connectivity index (χ2n) is 6.27. The lowest BCUT2D eigenvalue weighted by Gasteiger charge is -2.21. The number of nitrogens with zero attached hydrogens (tertiary/aromatic N) is 4. The van der Waals surface area contributed by atoms with Crippen molar-refractivity contribution >= 4 is 17.8 Å². The minimum atomic E-state index is -0.460. The highest BCUT2D eigenvalue weighted by molar-refractivity contribution is 5.90. The van der Waals surface area contributed by atoms with E-state index >= 15 is 0 Å². The molecule has 0 spiro atoms. The maximum absolute atomic E-state index is 10.9. The summed E-state index contributed by atoms with van der Waals surface area (Å²) in [7, 11) is 2.15.